The van der Waals surface area contributed by atoms with Crippen LogP contribution in [0, 0.1) is 5.92 Å². The topological polar surface area (TPSA) is 98.9 Å². The van der Waals surface area contributed by atoms with E-state index in [9.17, 15) is 14.7 Å². The predicted molar refractivity (Wildman–Crippen MR) is 116 cm³/mol. The van der Waals surface area contributed by atoms with Crippen LogP contribution >= 0.6 is 0 Å². The van der Waals surface area contributed by atoms with Crippen LogP contribution in [0.3, 0.4) is 0 Å². The standard InChI is InChI=1S/C25H23NO5/c1-30-16-12-10-15(11-13-16)23(26)22(24(27)28)25(29)31-14-21-19-8-4-2-6-17(19)18-7-3-5-9-20(18)21/h2-13,21-23H,14,26H2,1H3,(H,27,28)/t22-,23?/m1/s1. The van der Waals surface area contributed by atoms with Gasteiger partial charge in [0.25, 0.3) is 0 Å². The minimum absolute atomic E-state index is 0.0476. The summed E-state index contributed by atoms with van der Waals surface area (Å²) in [5.74, 6) is -3.22. The van der Waals surface area contributed by atoms with Crippen LogP contribution in [0.2, 0.25) is 0 Å². The van der Waals surface area contributed by atoms with Gasteiger partial charge >= 0.3 is 11.9 Å². The third kappa shape index (κ3) is 3.90. The number of fused-ring (bicyclic) bond motifs is 3. The molecule has 0 fully saturated rings. The number of carboxylic acid groups (broad SMARTS) is 1. The summed E-state index contributed by atoms with van der Waals surface area (Å²) in [4.78, 5) is 24.7. The van der Waals surface area contributed by atoms with E-state index in [4.69, 9.17) is 15.2 Å². The summed E-state index contributed by atoms with van der Waals surface area (Å²) in [7, 11) is 1.53. The molecule has 4 rings (SSSR count). The maximum atomic E-state index is 12.8. The Hall–Kier alpha value is -3.64. The molecule has 0 aromatic heterocycles. The number of esters is 1. The summed E-state index contributed by atoms with van der Waals surface area (Å²) in [6.07, 6.45) is 0. The van der Waals surface area contributed by atoms with Crippen molar-refractivity contribution in [3.8, 4) is 16.9 Å². The Labute approximate surface area is 180 Å². The molecule has 0 aliphatic heterocycles. The van der Waals surface area contributed by atoms with Crippen LogP contribution in [0.25, 0.3) is 11.1 Å². The smallest absolute Gasteiger partial charge is 0.322 e. The molecule has 6 nitrogen and oxygen atoms in total. The van der Waals surface area contributed by atoms with Crippen molar-refractivity contribution in [1.29, 1.82) is 0 Å². The molecule has 0 saturated heterocycles. The van der Waals surface area contributed by atoms with Crippen molar-refractivity contribution in [2.75, 3.05) is 13.7 Å². The van der Waals surface area contributed by atoms with Crippen molar-refractivity contribution < 1.29 is 24.2 Å². The lowest BCUT2D eigenvalue weighted by molar-refractivity contribution is -0.160. The van der Waals surface area contributed by atoms with Crippen LogP contribution in [0.4, 0.5) is 0 Å². The predicted octanol–water partition coefficient (Wildman–Crippen LogP) is 3.75. The molecule has 2 atom stereocenters. The highest BCUT2D eigenvalue weighted by Crippen LogP contribution is 2.44. The lowest BCUT2D eigenvalue weighted by Gasteiger charge is -2.21. The third-order valence-corrected chi connectivity index (χ3v) is 5.73. The van der Waals surface area contributed by atoms with Gasteiger partial charge in [0.2, 0.25) is 0 Å². The number of carbonyl (C=O) groups excluding carboxylic acids is 1. The lowest BCUT2D eigenvalue weighted by atomic mass is 9.93. The van der Waals surface area contributed by atoms with E-state index in [1.54, 1.807) is 24.3 Å². The van der Waals surface area contributed by atoms with Gasteiger partial charge < -0.3 is 20.3 Å². The molecule has 0 spiro atoms. The van der Waals surface area contributed by atoms with Crippen LogP contribution in [-0.2, 0) is 14.3 Å². The van der Waals surface area contributed by atoms with Crippen molar-refractivity contribution >= 4 is 11.9 Å². The van der Waals surface area contributed by atoms with Gasteiger partial charge in [-0.2, -0.15) is 0 Å². The minimum atomic E-state index is -1.51. The van der Waals surface area contributed by atoms with Crippen LogP contribution < -0.4 is 10.5 Å². The van der Waals surface area contributed by atoms with Crippen LogP contribution in [0.1, 0.15) is 28.7 Å². The zero-order valence-corrected chi connectivity index (χ0v) is 17.0. The maximum absolute atomic E-state index is 12.8. The molecule has 0 heterocycles. The average Bonchev–Trinajstić information content (AvgIpc) is 3.11. The Morgan fingerprint density at radius 2 is 1.48 bits per heavy atom. The van der Waals surface area contributed by atoms with Gasteiger partial charge in [0.15, 0.2) is 5.92 Å². The zero-order valence-electron chi connectivity index (χ0n) is 17.0. The van der Waals surface area contributed by atoms with Crippen molar-refractivity contribution in [2.45, 2.75) is 12.0 Å². The maximum Gasteiger partial charge on any atom is 0.322 e. The largest absolute Gasteiger partial charge is 0.497 e. The number of aliphatic carboxylic acids is 1. The number of benzene rings is 3. The van der Waals surface area contributed by atoms with E-state index in [1.165, 1.54) is 7.11 Å². The van der Waals surface area contributed by atoms with Gasteiger partial charge in [-0.05, 0) is 39.9 Å². The Morgan fingerprint density at radius 3 is 2.00 bits per heavy atom. The molecule has 1 aliphatic rings. The van der Waals surface area contributed by atoms with E-state index in [0.717, 1.165) is 22.3 Å². The first-order valence-corrected chi connectivity index (χ1v) is 9.98. The number of ether oxygens (including phenoxy) is 2. The molecular formula is C25H23NO5. The first kappa shape index (κ1) is 20.6. The first-order valence-electron chi connectivity index (χ1n) is 9.98. The molecule has 3 N–H and O–H groups in total. The SMILES string of the molecule is COc1ccc(C(N)[C@H](C(=O)O)C(=O)OCC2c3ccccc3-c3ccccc32)cc1. The molecule has 0 radical (unpaired) electrons. The molecule has 0 bridgehead atoms. The van der Waals surface area contributed by atoms with Crippen LogP contribution in [-0.4, -0.2) is 30.8 Å². The van der Waals surface area contributed by atoms with Gasteiger partial charge in [-0.25, -0.2) is 0 Å². The number of carboxylic acids is 1. The number of methoxy groups -OCH3 is 1. The summed E-state index contributed by atoms with van der Waals surface area (Å²) >= 11 is 0. The molecule has 1 aliphatic carbocycles. The summed E-state index contributed by atoms with van der Waals surface area (Å²) in [6.45, 7) is 0.0476. The monoisotopic (exact) mass is 417 g/mol. The minimum Gasteiger partial charge on any atom is -0.497 e. The highest BCUT2D eigenvalue weighted by Gasteiger charge is 2.37. The molecule has 1 unspecified atom stereocenters. The molecule has 158 valence electrons. The lowest BCUT2D eigenvalue weighted by Crippen LogP contribution is -2.36. The Kier molecular flexibility index (Phi) is 5.73. The summed E-state index contributed by atoms with van der Waals surface area (Å²) in [6, 6.07) is 21.5. The fourth-order valence-electron chi connectivity index (χ4n) is 4.11. The summed E-state index contributed by atoms with van der Waals surface area (Å²) < 4.78 is 10.6. The van der Waals surface area contributed by atoms with E-state index < -0.39 is 23.9 Å². The number of hydrogen-bond donors (Lipinski definition) is 2. The van der Waals surface area contributed by atoms with E-state index in [1.807, 2.05) is 48.5 Å². The van der Waals surface area contributed by atoms with E-state index in [0.29, 0.717) is 11.3 Å². The van der Waals surface area contributed by atoms with Crippen molar-refractivity contribution in [2.24, 2.45) is 11.7 Å². The molecule has 3 aromatic rings. The van der Waals surface area contributed by atoms with Crippen molar-refractivity contribution in [1.82, 2.24) is 0 Å². The zero-order chi connectivity index (χ0) is 22.0. The van der Waals surface area contributed by atoms with E-state index >= 15 is 0 Å². The van der Waals surface area contributed by atoms with E-state index in [-0.39, 0.29) is 12.5 Å². The summed E-state index contributed by atoms with van der Waals surface area (Å²) in [5.41, 5.74) is 11.0. The van der Waals surface area contributed by atoms with Crippen molar-refractivity contribution in [3.05, 3.63) is 89.5 Å². The number of carbonyl (C=O) groups is 2. The Bertz CT molecular complexity index is 1060. The van der Waals surface area contributed by atoms with Crippen LogP contribution in [0.15, 0.2) is 72.8 Å². The van der Waals surface area contributed by atoms with Gasteiger partial charge in [-0.15, -0.1) is 0 Å². The van der Waals surface area contributed by atoms with Gasteiger partial charge in [0, 0.05) is 5.92 Å². The quantitative estimate of drug-likeness (QED) is 0.449. The molecule has 31 heavy (non-hydrogen) atoms. The highest BCUT2D eigenvalue weighted by atomic mass is 16.5. The third-order valence-electron chi connectivity index (χ3n) is 5.73. The molecule has 6 heteroatoms. The van der Waals surface area contributed by atoms with Gasteiger partial charge in [-0.3, -0.25) is 9.59 Å². The van der Waals surface area contributed by atoms with E-state index in [2.05, 4.69) is 0 Å². The second-order valence-electron chi connectivity index (χ2n) is 7.47. The highest BCUT2D eigenvalue weighted by molar-refractivity contribution is 5.95. The molecule has 0 saturated carbocycles. The first-order chi connectivity index (χ1) is 15.0. The average molecular weight is 417 g/mol. The Balaban J connectivity index is 1.53. The molecule has 3 aromatic carbocycles. The number of rotatable bonds is 7. The van der Waals surface area contributed by atoms with Gasteiger partial charge in [-0.1, -0.05) is 60.7 Å². The summed E-state index contributed by atoms with van der Waals surface area (Å²) in [5, 5.41) is 9.68. The van der Waals surface area contributed by atoms with Crippen molar-refractivity contribution in [3.63, 3.8) is 0 Å². The van der Waals surface area contributed by atoms with Crippen LogP contribution in [0.5, 0.6) is 5.75 Å². The normalized spacial score (nSPS) is 14.3. The molecular weight excluding hydrogens is 394 g/mol. The second-order valence-corrected chi connectivity index (χ2v) is 7.47. The second kappa shape index (κ2) is 8.62. The molecule has 0 amide bonds. The number of hydrogen-bond acceptors (Lipinski definition) is 5. The number of nitrogens with two attached hydrogens (primary N) is 1. The fourth-order valence-corrected chi connectivity index (χ4v) is 4.11. The van der Waals surface area contributed by atoms with Gasteiger partial charge in [0.1, 0.15) is 12.4 Å². The van der Waals surface area contributed by atoms with Gasteiger partial charge in [0.05, 0.1) is 13.2 Å². The Morgan fingerprint density at radius 1 is 0.935 bits per heavy atom. The fraction of sp³-hybridized carbons (Fsp3) is 0.200.